The number of halogens is 1. The Hall–Kier alpha value is -2.87. The van der Waals surface area contributed by atoms with Gasteiger partial charge in [-0.1, -0.05) is 36.4 Å². The van der Waals surface area contributed by atoms with Crippen molar-refractivity contribution in [3.05, 3.63) is 71.0 Å². The highest BCUT2D eigenvalue weighted by molar-refractivity contribution is 5.77. The molecule has 0 aromatic heterocycles. The molecule has 0 spiro atoms. The third-order valence-electron chi connectivity index (χ3n) is 3.16. The van der Waals surface area contributed by atoms with Crippen molar-refractivity contribution in [3.8, 4) is 6.07 Å². The normalized spacial score (nSPS) is 11.0. The summed E-state index contributed by atoms with van der Waals surface area (Å²) in [5.74, 6) is -0.167. The Morgan fingerprint density at radius 2 is 2.00 bits per heavy atom. The quantitative estimate of drug-likeness (QED) is 0.657. The van der Waals surface area contributed by atoms with Gasteiger partial charge in [0.15, 0.2) is 5.96 Å². The summed E-state index contributed by atoms with van der Waals surface area (Å²) < 4.78 is 13.7. The molecule has 0 atom stereocenters. The number of hydrogen-bond donors (Lipinski definition) is 2. The van der Waals surface area contributed by atoms with E-state index in [0.29, 0.717) is 17.7 Å². The molecule has 2 aromatic rings. The number of nitrogens with zero attached hydrogens (tertiary/aromatic N) is 2. The van der Waals surface area contributed by atoms with Gasteiger partial charge in [0.2, 0.25) is 0 Å². The molecule has 0 aliphatic rings. The minimum Gasteiger partial charge on any atom is -0.370 e. The van der Waals surface area contributed by atoms with Crippen molar-refractivity contribution in [3.63, 3.8) is 0 Å². The van der Waals surface area contributed by atoms with Gasteiger partial charge in [0, 0.05) is 12.1 Å². The van der Waals surface area contributed by atoms with E-state index < -0.39 is 5.82 Å². The highest BCUT2D eigenvalue weighted by atomic mass is 19.1. The first-order valence-electron chi connectivity index (χ1n) is 6.95. The van der Waals surface area contributed by atoms with Crippen molar-refractivity contribution in [2.45, 2.75) is 13.0 Å². The zero-order chi connectivity index (χ0) is 15.8. The molecular formula is C17H17FN4. The topological polar surface area (TPSA) is 74.2 Å². The van der Waals surface area contributed by atoms with Gasteiger partial charge in [-0.05, 0) is 24.1 Å². The highest BCUT2D eigenvalue weighted by Crippen LogP contribution is 2.10. The summed E-state index contributed by atoms with van der Waals surface area (Å²) in [6.07, 6.45) is 0.836. The van der Waals surface area contributed by atoms with Crippen LogP contribution in [0, 0.1) is 17.1 Å². The van der Waals surface area contributed by atoms with Gasteiger partial charge in [0.25, 0.3) is 0 Å². The number of nitrogens with two attached hydrogens (primary N) is 1. The molecular weight excluding hydrogens is 279 g/mol. The number of nitrogens with one attached hydrogen (secondary N) is 1. The second-order valence-electron chi connectivity index (χ2n) is 4.78. The van der Waals surface area contributed by atoms with Gasteiger partial charge in [0.05, 0.1) is 18.2 Å². The van der Waals surface area contributed by atoms with Crippen molar-refractivity contribution in [2.24, 2.45) is 10.7 Å². The molecule has 4 nitrogen and oxygen atoms in total. The minimum atomic E-state index is -0.445. The van der Waals surface area contributed by atoms with Crippen LogP contribution in [0.4, 0.5) is 4.39 Å². The highest BCUT2D eigenvalue weighted by Gasteiger charge is 2.03. The molecule has 0 saturated carbocycles. The van der Waals surface area contributed by atoms with E-state index in [-0.39, 0.29) is 12.5 Å². The van der Waals surface area contributed by atoms with Crippen LogP contribution < -0.4 is 11.1 Å². The maximum atomic E-state index is 13.7. The van der Waals surface area contributed by atoms with E-state index >= 15 is 0 Å². The van der Waals surface area contributed by atoms with Crippen molar-refractivity contribution < 1.29 is 4.39 Å². The van der Waals surface area contributed by atoms with Crippen LogP contribution in [-0.2, 0) is 13.0 Å². The molecule has 0 radical (unpaired) electrons. The number of hydrogen-bond acceptors (Lipinski definition) is 2. The molecule has 0 aliphatic carbocycles. The zero-order valence-electron chi connectivity index (χ0n) is 12.1. The minimum absolute atomic E-state index is 0.141. The van der Waals surface area contributed by atoms with Gasteiger partial charge in [-0.15, -0.1) is 0 Å². The first kappa shape index (κ1) is 15.5. The smallest absolute Gasteiger partial charge is 0.188 e. The SMILES string of the molecule is N#Cc1ccc(CN=C(N)NCCc2ccccc2)c(F)c1. The van der Waals surface area contributed by atoms with E-state index in [0.717, 1.165) is 6.42 Å². The van der Waals surface area contributed by atoms with E-state index in [1.165, 1.54) is 11.6 Å². The molecule has 0 unspecified atom stereocenters. The lowest BCUT2D eigenvalue weighted by atomic mass is 10.1. The molecule has 112 valence electrons. The van der Waals surface area contributed by atoms with Crippen LogP contribution in [0.1, 0.15) is 16.7 Å². The predicted octanol–water partition coefficient (Wildman–Crippen LogP) is 2.34. The maximum absolute atomic E-state index is 13.7. The van der Waals surface area contributed by atoms with Gasteiger partial charge < -0.3 is 11.1 Å². The Labute approximate surface area is 129 Å². The average Bonchev–Trinajstić information content (AvgIpc) is 2.54. The Bertz CT molecular complexity index is 690. The van der Waals surface area contributed by atoms with E-state index in [1.54, 1.807) is 12.1 Å². The summed E-state index contributed by atoms with van der Waals surface area (Å²) in [6, 6.07) is 16.2. The van der Waals surface area contributed by atoms with Crippen molar-refractivity contribution in [1.82, 2.24) is 5.32 Å². The summed E-state index contributed by atoms with van der Waals surface area (Å²) in [5.41, 5.74) is 7.67. The fraction of sp³-hybridized carbons (Fsp3) is 0.176. The fourth-order valence-corrected chi connectivity index (χ4v) is 1.95. The van der Waals surface area contributed by atoms with Crippen LogP contribution in [0.3, 0.4) is 0 Å². The second kappa shape index (κ2) is 7.79. The molecule has 2 aromatic carbocycles. The molecule has 22 heavy (non-hydrogen) atoms. The number of nitriles is 1. The third-order valence-corrected chi connectivity index (χ3v) is 3.16. The van der Waals surface area contributed by atoms with Crippen LogP contribution in [0.25, 0.3) is 0 Å². The molecule has 0 bridgehead atoms. The molecule has 0 fully saturated rings. The van der Waals surface area contributed by atoms with E-state index in [2.05, 4.69) is 10.3 Å². The molecule has 0 heterocycles. The molecule has 0 saturated heterocycles. The first-order chi connectivity index (χ1) is 10.7. The maximum Gasteiger partial charge on any atom is 0.188 e. The third kappa shape index (κ3) is 4.60. The van der Waals surface area contributed by atoms with Crippen molar-refractivity contribution in [2.75, 3.05) is 6.54 Å². The Morgan fingerprint density at radius 1 is 1.23 bits per heavy atom. The van der Waals surface area contributed by atoms with Crippen molar-refractivity contribution >= 4 is 5.96 Å². The number of benzene rings is 2. The number of aliphatic imine (C=N–C) groups is 1. The predicted molar refractivity (Wildman–Crippen MR) is 84.6 cm³/mol. The Morgan fingerprint density at radius 3 is 2.68 bits per heavy atom. The fourth-order valence-electron chi connectivity index (χ4n) is 1.95. The molecule has 5 heteroatoms. The number of rotatable bonds is 5. The van der Waals surface area contributed by atoms with Gasteiger partial charge in [-0.25, -0.2) is 9.38 Å². The Balaban J connectivity index is 1.84. The van der Waals surface area contributed by atoms with Crippen LogP contribution in [0.2, 0.25) is 0 Å². The molecule has 2 rings (SSSR count). The monoisotopic (exact) mass is 296 g/mol. The second-order valence-corrected chi connectivity index (χ2v) is 4.78. The summed E-state index contributed by atoms with van der Waals surface area (Å²) in [7, 11) is 0. The van der Waals surface area contributed by atoms with Gasteiger partial charge in [-0.2, -0.15) is 5.26 Å². The van der Waals surface area contributed by atoms with Crippen LogP contribution in [0.5, 0.6) is 0 Å². The first-order valence-corrected chi connectivity index (χ1v) is 6.95. The molecule has 0 amide bonds. The summed E-state index contributed by atoms with van der Waals surface area (Å²) in [5, 5.41) is 11.7. The Kier molecular flexibility index (Phi) is 5.50. The van der Waals surface area contributed by atoms with E-state index in [4.69, 9.17) is 11.0 Å². The van der Waals surface area contributed by atoms with Gasteiger partial charge in [-0.3, -0.25) is 0 Å². The van der Waals surface area contributed by atoms with Gasteiger partial charge >= 0.3 is 0 Å². The lowest BCUT2D eigenvalue weighted by Gasteiger charge is -2.06. The molecule has 0 aliphatic heterocycles. The zero-order valence-corrected chi connectivity index (χ0v) is 12.1. The van der Waals surface area contributed by atoms with Crippen LogP contribution in [-0.4, -0.2) is 12.5 Å². The average molecular weight is 296 g/mol. The van der Waals surface area contributed by atoms with Gasteiger partial charge in [0.1, 0.15) is 5.82 Å². The van der Waals surface area contributed by atoms with Crippen LogP contribution in [0.15, 0.2) is 53.5 Å². The summed E-state index contributed by atoms with van der Waals surface area (Å²) in [6.45, 7) is 0.802. The largest absolute Gasteiger partial charge is 0.370 e. The molecule has 3 N–H and O–H groups in total. The summed E-state index contributed by atoms with van der Waals surface area (Å²) in [4.78, 5) is 4.10. The standard InChI is InChI=1S/C17H17FN4/c18-16-10-14(11-19)6-7-15(16)12-22-17(20)21-9-8-13-4-2-1-3-5-13/h1-7,10H,8-9,12H2,(H3,20,21,22). The van der Waals surface area contributed by atoms with Crippen LogP contribution >= 0.6 is 0 Å². The lowest BCUT2D eigenvalue weighted by Crippen LogP contribution is -2.33. The number of guanidine groups is 1. The van der Waals surface area contributed by atoms with Crippen molar-refractivity contribution in [1.29, 1.82) is 5.26 Å². The van der Waals surface area contributed by atoms with E-state index in [1.807, 2.05) is 36.4 Å². The lowest BCUT2D eigenvalue weighted by molar-refractivity contribution is 0.610. The van der Waals surface area contributed by atoms with E-state index in [9.17, 15) is 4.39 Å². The summed E-state index contributed by atoms with van der Waals surface area (Å²) >= 11 is 0.